The number of halogens is 5. The fraction of sp³-hybridized carbons (Fsp3) is 0.0526. The van der Waals surface area contributed by atoms with Gasteiger partial charge in [0.25, 0.3) is 0 Å². The highest BCUT2D eigenvalue weighted by Gasteiger charge is 2.38. The smallest absolute Gasteiger partial charge is 0.0540 e. The lowest BCUT2D eigenvalue weighted by Gasteiger charge is -2.30. The van der Waals surface area contributed by atoms with Crippen LogP contribution in [0.3, 0.4) is 0 Å². The van der Waals surface area contributed by atoms with Crippen molar-refractivity contribution in [2.24, 2.45) is 0 Å². The van der Waals surface area contributed by atoms with E-state index in [4.69, 9.17) is 0 Å². The number of nitrogens with zero attached hydrogens (tertiary/aromatic N) is 3. The van der Waals surface area contributed by atoms with Crippen LogP contribution in [0.15, 0.2) is 447 Å². The average molecular weight is 1890 g/mol. The molecule has 3 nitrogen and oxygen atoms in total. The zero-order valence-electron chi connectivity index (χ0n) is 67.6. The molecular weight excluding hydrogens is 1810 g/mol. The summed E-state index contributed by atoms with van der Waals surface area (Å²) in [5, 5.41) is 7.48. The van der Waals surface area contributed by atoms with Crippen molar-refractivity contribution in [1.82, 2.24) is 0 Å². The Balaban J connectivity index is 0.000000121. The van der Waals surface area contributed by atoms with E-state index in [1.165, 1.54) is 150 Å². The molecule has 2 aliphatic carbocycles. The molecule has 0 spiro atoms. The molecule has 122 heavy (non-hydrogen) atoms. The van der Waals surface area contributed by atoms with Gasteiger partial charge in [0.1, 0.15) is 0 Å². The lowest BCUT2D eigenvalue weighted by Crippen LogP contribution is -2.18. The minimum absolute atomic E-state index is 0.0688. The largest absolute Gasteiger partial charge is 0.311 e. The van der Waals surface area contributed by atoms with Crippen LogP contribution in [0.5, 0.6) is 0 Å². The van der Waals surface area contributed by atoms with Gasteiger partial charge in [0.05, 0.1) is 5.69 Å². The van der Waals surface area contributed by atoms with E-state index in [1.807, 2.05) is 0 Å². The fourth-order valence-electron chi connectivity index (χ4n) is 17.8. The minimum atomic E-state index is -0.0688. The molecule has 21 rings (SSSR count). The van der Waals surface area contributed by atoms with Gasteiger partial charge in [-0.25, -0.2) is 0 Å². The second-order valence-electron chi connectivity index (χ2n) is 32.3. The predicted octanol–water partition coefficient (Wildman–Crippen LogP) is 35.7. The molecule has 0 bridgehead atoms. The molecule has 588 valence electrons. The van der Waals surface area contributed by atoms with E-state index in [1.54, 1.807) is 0 Å². The summed E-state index contributed by atoms with van der Waals surface area (Å²) in [6.07, 6.45) is 0. The number of rotatable bonds is 14. The summed E-state index contributed by atoms with van der Waals surface area (Å²) >= 11 is 17.7. The van der Waals surface area contributed by atoms with Gasteiger partial charge in [-0.05, 0) is 297 Å². The molecule has 19 aromatic carbocycles. The van der Waals surface area contributed by atoms with E-state index >= 15 is 0 Å². The SMILES string of the molecule is Brc1ccc(-c2ccc(N(c3ccc(-c4ccc(Br)cc4)cc3)c3ccc(-c4ccc(Br)cc4)cc3)cc2)cc1.Brc1ccc(-c2ccc3c(ccc4cc(N(c5ccccc5)c5cccc6ccccc56)ccc43)c2)cc1.CC1(C)c2ccccc2-c2ccc(N(c3ccc(-c4ccc(Br)cc4)cc3)c3ccc4c(c3)C(C)(C)c3ccccc3-4)cc21. The molecule has 0 saturated heterocycles. The molecule has 2 aliphatic rings. The first kappa shape index (κ1) is 79.5. The van der Waals surface area contributed by atoms with Crippen molar-refractivity contribution in [3.63, 3.8) is 0 Å². The lowest BCUT2D eigenvalue weighted by atomic mass is 9.82. The molecule has 0 unspecified atom stereocenters. The van der Waals surface area contributed by atoms with Crippen molar-refractivity contribution in [3.8, 4) is 77.9 Å². The van der Waals surface area contributed by atoms with Crippen LogP contribution in [0.25, 0.3) is 110 Å². The Kier molecular flexibility index (Phi) is 22.2. The Bertz CT molecular complexity index is 6730. The molecule has 0 heterocycles. The van der Waals surface area contributed by atoms with Crippen LogP contribution in [0.4, 0.5) is 51.2 Å². The summed E-state index contributed by atoms with van der Waals surface area (Å²) < 4.78 is 5.43. The zero-order chi connectivity index (χ0) is 83.2. The van der Waals surface area contributed by atoms with Crippen LogP contribution in [0.1, 0.15) is 49.9 Å². The Morgan fingerprint density at radius 1 is 0.172 bits per heavy atom. The molecule has 19 aromatic rings. The van der Waals surface area contributed by atoms with Gasteiger partial charge in [-0.2, -0.15) is 0 Å². The van der Waals surface area contributed by atoms with E-state index in [0.717, 1.165) is 56.5 Å². The molecule has 0 aliphatic heterocycles. The standard InChI is InChI=1S/C42H34BrN.C36H24Br3N.C36H24BrN/c1-41(2)37-11-7-5-9-33(37)35-23-21-31(25-39(35)41)44(30-19-15-28(16-20-30)27-13-17-29(43)18-14-27)32-22-24-36-34-10-6-8-12-38(34)42(3,4)40(36)26-32;37-31-13-1-25(2-14-31)28-7-19-34(20-8-28)40(35-21-9-29(10-22-35)26-3-15-32(38)16-4-26)36-23-11-30(12-24-36)27-5-17-33(39)18-6-27;37-30-18-15-25(16-19-30)27-17-21-33-28(23-27)13-14-29-24-32(20-22-34(29)33)38(31-9-2-1-3-10-31)36-12-6-8-26-7-4-5-11-35(26)36/h5-26H,1-4H3;1-24H;1-24H. The number of fused-ring (bicyclic) bond motifs is 10. The van der Waals surface area contributed by atoms with Crippen LogP contribution >= 0.6 is 79.6 Å². The number of hydrogen-bond acceptors (Lipinski definition) is 3. The second kappa shape index (κ2) is 34.0. The Hall–Kier alpha value is -12.2. The van der Waals surface area contributed by atoms with E-state index in [2.05, 4.69) is 547 Å². The van der Waals surface area contributed by atoms with Gasteiger partial charge in [0, 0.05) is 84.1 Å². The molecule has 0 N–H and O–H groups in total. The number of anilines is 9. The lowest BCUT2D eigenvalue weighted by molar-refractivity contribution is 0.660. The van der Waals surface area contributed by atoms with Crippen molar-refractivity contribution in [1.29, 1.82) is 0 Å². The van der Waals surface area contributed by atoms with Crippen LogP contribution in [-0.2, 0) is 10.8 Å². The molecule has 0 fully saturated rings. The maximum Gasteiger partial charge on any atom is 0.0540 e. The summed E-state index contributed by atoms with van der Waals surface area (Å²) in [5.41, 5.74) is 33.1. The van der Waals surface area contributed by atoms with Crippen molar-refractivity contribution in [2.75, 3.05) is 14.7 Å². The summed E-state index contributed by atoms with van der Waals surface area (Å²) in [6.45, 7) is 9.42. The maximum absolute atomic E-state index is 3.57. The van der Waals surface area contributed by atoms with Gasteiger partial charge in [0.15, 0.2) is 0 Å². The Morgan fingerprint density at radius 2 is 0.451 bits per heavy atom. The number of hydrogen-bond donors (Lipinski definition) is 0. The van der Waals surface area contributed by atoms with E-state index in [9.17, 15) is 0 Å². The molecular formula is C114H82Br5N3. The quantitative estimate of drug-likeness (QED) is 0.100. The van der Waals surface area contributed by atoms with Crippen LogP contribution in [-0.4, -0.2) is 0 Å². The van der Waals surface area contributed by atoms with Crippen LogP contribution in [0, 0.1) is 0 Å². The van der Waals surface area contributed by atoms with Crippen molar-refractivity contribution in [2.45, 2.75) is 38.5 Å². The van der Waals surface area contributed by atoms with E-state index in [-0.39, 0.29) is 10.8 Å². The molecule has 0 atom stereocenters. The predicted molar refractivity (Wildman–Crippen MR) is 537 cm³/mol. The summed E-state index contributed by atoms with van der Waals surface area (Å²) in [7, 11) is 0. The van der Waals surface area contributed by atoms with Crippen molar-refractivity contribution in [3.05, 3.63) is 469 Å². The van der Waals surface area contributed by atoms with Gasteiger partial charge < -0.3 is 14.7 Å². The molecule has 0 amide bonds. The number of para-hydroxylation sites is 1. The highest BCUT2D eigenvalue weighted by molar-refractivity contribution is 9.11. The third-order valence-electron chi connectivity index (χ3n) is 24.1. The third-order valence-corrected chi connectivity index (χ3v) is 26.8. The first-order valence-electron chi connectivity index (χ1n) is 41.1. The van der Waals surface area contributed by atoms with E-state index in [0.29, 0.717) is 0 Å². The fourth-order valence-corrected chi connectivity index (χ4v) is 19.1. The van der Waals surface area contributed by atoms with Gasteiger partial charge in [-0.3, -0.25) is 0 Å². The van der Waals surface area contributed by atoms with Gasteiger partial charge >= 0.3 is 0 Å². The highest BCUT2D eigenvalue weighted by Crippen LogP contribution is 2.54. The van der Waals surface area contributed by atoms with Crippen molar-refractivity contribution < 1.29 is 0 Å². The highest BCUT2D eigenvalue weighted by atomic mass is 79.9. The van der Waals surface area contributed by atoms with Gasteiger partial charge in [-0.1, -0.05) is 362 Å². The maximum atomic E-state index is 3.57. The first-order chi connectivity index (χ1) is 59.5. The summed E-state index contributed by atoms with van der Waals surface area (Å²) in [6, 6.07) is 153. The van der Waals surface area contributed by atoms with Gasteiger partial charge in [-0.15, -0.1) is 0 Å². The van der Waals surface area contributed by atoms with Crippen LogP contribution in [0.2, 0.25) is 0 Å². The topological polar surface area (TPSA) is 9.72 Å². The zero-order valence-corrected chi connectivity index (χ0v) is 75.6. The molecule has 0 saturated carbocycles. The minimum Gasteiger partial charge on any atom is -0.311 e. The molecule has 8 heteroatoms. The average Bonchev–Trinajstić information content (AvgIpc) is 1.65. The van der Waals surface area contributed by atoms with Crippen LogP contribution < -0.4 is 14.7 Å². The summed E-state index contributed by atoms with van der Waals surface area (Å²) in [4.78, 5) is 7.11. The summed E-state index contributed by atoms with van der Waals surface area (Å²) in [5.74, 6) is 0. The molecule has 0 radical (unpaired) electrons. The van der Waals surface area contributed by atoms with Gasteiger partial charge in [0.2, 0.25) is 0 Å². The molecule has 0 aromatic heterocycles. The second-order valence-corrected chi connectivity index (χ2v) is 36.8. The Labute approximate surface area is 756 Å². The normalized spacial score (nSPS) is 12.4. The van der Waals surface area contributed by atoms with Crippen molar-refractivity contribution >= 4 is 163 Å². The van der Waals surface area contributed by atoms with E-state index < -0.39 is 0 Å². The number of benzene rings is 19. The first-order valence-corrected chi connectivity index (χ1v) is 45.1. The third kappa shape index (κ3) is 15.9. The monoisotopic (exact) mass is 1890 g/mol. The Morgan fingerprint density at radius 3 is 0.861 bits per heavy atom.